The van der Waals surface area contributed by atoms with Crippen molar-refractivity contribution in [1.29, 1.82) is 0 Å². The van der Waals surface area contributed by atoms with Crippen LogP contribution in [0.15, 0.2) is 38.7 Å². The molecule has 3 aromatic rings. The first-order chi connectivity index (χ1) is 11.7. The van der Waals surface area contributed by atoms with Gasteiger partial charge >= 0.3 is 0 Å². The number of aryl methyl sites for hydroxylation is 1. The Morgan fingerprint density at radius 3 is 2.88 bits per heavy atom. The predicted octanol–water partition coefficient (Wildman–Crippen LogP) is 2.42. The largest absolute Gasteiger partial charge is 0.385 e. The maximum atomic E-state index is 12.8. The lowest BCUT2D eigenvalue weighted by Gasteiger charge is -2.12. The van der Waals surface area contributed by atoms with Gasteiger partial charge in [0.05, 0.1) is 16.7 Å². The van der Waals surface area contributed by atoms with Crippen molar-refractivity contribution in [1.82, 2.24) is 19.7 Å². The standard InChI is InChI=1S/C16H18N4O3S/c1-11-17-14(23-19-11)10-24-16-18-13-7-4-3-6-12(13)15(21)20(16)8-5-9-22-2/h3-4,6-7H,5,8-10H2,1-2H3. The molecule has 0 saturated carbocycles. The molecule has 0 aliphatic carbocycles. The summed E-state index contributed by atoms with van der Waals surface area (Å²) in [4.78, 5) is 21.6. The third-order valence-electron chi connectivity index (χ3n) is 3.45. The van der Waals surface area contributed by atoms with E-state index in [0.717, 1.165) is 6.42 Å². The van der Waals surface area contributed by atoms with Crippen LogP contribution in [0.4, 0.5) is 0 Å². The van der Waals surface area contributed by atoms with E-state index in [9.17, 15) is 4.79 Å². The van der Waals surface area contributed by atoms with E-state index in [0.29, 0.717) is 46.7 Å². The number of thioether (sulfide) groups is 1. The highest BCUT2D eigenvalue weighted by atomic mass is 32.2. The number of hydrogen-bond donors (Lipinski definition) is 0. The van der Waals surface area contributed by atoms with Crippen molar-refractivity contribution < 1.29 is 9.26 Å². The van der Waals surface area contributed by atoms with Crippen LogP contribution < -0.4 is 5.56 Å². The molecule has 0 bridgehead atoms. The summed E-state index contributed by atoms with van der Waals surface area (Å²) in [6.45, 7) is 2.91. The first-order valence-corrected chi connectivity index (χ1v) is 8.58. The third kappa shape index (κ3) is 3.65. The predicted molar refractivity (Wildman–Crippen MR) is 91.1 cm³/mol. The van der Waals surface area contributed by atoms with E-state index in [-0.39, 0.29) is 5.56 Å². The van der Waals surface area contributed by atoms with Gasteiger partial charge in [-0.2, -0.15) is 4.98 Å². The molecule has 24 heavy (non-hydrogen) atoms. The van der Waals surface area contributed by atoms with Gasteiger partial charge in [0.25, 0.3) is 5.56 Å². The second-order valence-electron chi connectivity index (χ2n) is 5.24. The molecule has 0 aliphatic rings. The number of nitrogens with zero attached hydrogens (tertiary/aromatic N) is 4. The van der Waals surface area contributed by atoms with Gasteiger partial charge in [0.15, 0.2) is 11.0 Å². The van der Waals surface area contributed by atoms with E-state index in [2.05, 4.69) is 15.1 Å². The second-order valence-corrected chi connectivity index (χ2v) is 6.18. The zero-order chi connectivity index (χ0) is 16.9. The number of rotatable bonds is 7. The van der Waals surface area contributed by atoms with Crippen LogP contribution in [0.5, 0.6) is 0 Å². The first kappa shape index (κ1) is 16.7. The van der Waals surface area contributed by atoms with Crippen molar-refractivity contribution in [3.05, 3.63) is 46.3 Å². The minimum absolute atomic E-state index is 0.0408. The Balaban J connectivity index is 1.93. The van der Waals surface area contributed by atoms with Crippen LogP contribution in [0.1, 0.15) is 18.1 Å². The highest BCUT2D eigenvalue weighted by Crippen LogP contribution is 2.21. The van der Waals surface area contributed by atoms with Gasteiger partial charge in [0, 0.05) is 20.3 Å². The lowest BCUT2D eigenvalue weighted by molar-refractivity contribution is 0.189. The Hall–Kier alpha value is -2.19. The quantitative estimate of drug-likeness (QED) is 0.369. The zero-order valence-electron chi connectivity index (χ0n) is 13.6. The Morgan fingerprint density at radius 1 is 1.29 bits per heavy atom. The average Bonchev–Trinajstić information content (AvgIpc) is 3.01. The van der Waals surface area contributed by atoms with Crippen LogP contribution in [-0.2, 0) is 17.0 Å². The van der Waals surface area contributed by atoms with Gasteiger partial charge in [-0.15, -0.1) is 0 Å². The van der Waals surface area contributed by atoms with Gasteiger partial charge in [-0.1, -0.05) is 29.1 Å². The van der Waals surface area contributed by atoms with Crippen LogP contribution in [0.2, 0.25) is 0 Å². The molecule has 0 saturated heterocycles. The van der Waals surface area contributed by atoms with Crippen molar-refractivity contribution in [2.24, 2.45) is 0 Å². The lowest BCUT2D eigenvalue weighted by Crippen LogP contribution is -2.24. The molecule has 1 aromatic carbocycles. The van der Waals surface area contributed by atoms with Gasteiger partial charge in [-0.25, -0.2) is 4.98 Å². The Morgan fingerprint density at radius 2 is 2.12 bits per heavy atom. The molecule has 126 valence electrons. The van der Waals surface area contributed by atoms with Crippen LogP contribution in [0.3, 0.4) is 0 Å². The van der Waals surface area contributed by atoms with Crippen molar-refractivity contribution in [2.75, 3.05) is 13.7 Å². The van der Waals surface area contributed by atoms with Gasteiger partial charge < -0.3 is 9.26 Å². The Bertz CT molecular complexity index is 890. The maximum Gasteiger partial charge on any atom is 0.262 e. The fourth-order valence-corrected chi connectivity index (χ4v) is 3.21. The number of ether oxygens (including phenoxy) is 1. The van der Waals surface area contributed by atoms with Crippen LogP contribution in [0, 0.1) is 6.92 Å². The van der Waals surface area contributed by atoms with Crippen LogP contribution in [0.25, 0.3) is 10.9 Å². The minimum atomic E-state index is -0.0408. The number of hydrogen-bond acceptors (Lipinski definition) is 7. The normalized spacial score (nSPS) is 11.2. The molecule has 7 nitrogen and oxygen atoms in total. The van der Waals surface area contributed by atoms with E-state index in [1.165, 1.54) is 11.8 Å². The molecule has 2 heterocycles. The van der Waals surface area contributed by atoms with Gasteiger partial charge in [0.1, 0.15) is 0 Å². The molecule has 8 heteroatoms. The number of fused-ring (bicyclic) bond motifs is 1. The van der Waals surface area contributed by atoms with Crippen molar-refractivity contribution in [3.8, 4) is 0 Å². The summed E-state index contributed by atoms with van der Waals surface area (Å²) in [6.07, 6.45) is 0.740. The van der Waals surface area contributed by atoms with E-state index in [1.807, 2.05) is 18.2 Å². The Kier molecular flexibility index (Phi) is 5.27. The van der Waals surface area contributed by atoms with Crippen molar-refractivity contribution >= 4 is 22.7 Å². The molecule has 0 amide bonds. The average molecular weight is 346 g/mol. The van der Waals surface area contributed by atoms with Gasteiger partial charge in [0.2, 0.25) is 5.89 Å². The molecule has 0 atom stereocenters. The van der Waals surface area contributed by atoms with Crippen molar-refractivity contribution in [2.45, 2.75) is 30.8 Å². The number of methoxy groups -OCH3 is 1. The fourth-order valence-electron chi connectivity index (χ4n) is 2.35. The van der Waals surface area contributed by atoms with Crippen LogP contribution in [-0.4, -0.2) is 33.4 Å². The summed E-state index contributed by atoms with van der Waals surface area (Å²) in [7, 11) is 1.65. The maximum absolute atomic E-state index is 12.8. The van der Waals surface area contributed by atoms with Gasteiger partial charge in [-0.05, 0) is 25.5 Å². The first-order valence-electron chi connectivity index (χ1n) is 7.59. The van der Waals surface area contributed by atoms with E-state index in [1.54, 1.807) is 24.7 Å². The van der Waals surface area contributed by atoms with Gasteiger partial charge in [-0.3, -0.25) is 9.36 Å². The molecule has 0 spiro atoms. The molecular weight excluding hydrogens is 328 g/mol. The summed E-state index contributed by atoms with van der Waals surface area (Å²) in [6, 6.07) is 7.36. The van der Waals surface area contributed by atoms with E-state index < -0.39 is 0 Å². The summed E-state index contributed by atoms with van der Waals surface area (Å²) in [5.41, 5.74) is 0.649. The number of benzene rings is 1. The summed E-state index contributed by atoms with van der Waals surface area (Å²) < 4.78 is 11.9. The molecule has 0 aliphatic heterocycles. The molecule has 0 radical (unpaired) electrons. The topological polar surface area (TPSA) is 83.0 Å². The number of aromatic nitrogens is 4. The molecule has 0 N–H and O–H groups in total. The van der Waals surface area contributed by atoms with Crippen molar-refractivity contribution in [3.63, 3.8) is 0 Å². The third-order valence-corrected chi connectivity index (χ3v) is 4.41. The monoisotopic (exact) mass is 346 g/mol. The molecule has 3 rings (SSSR count). The molecule has 0 fully saturated rings. The highest BCUT2D eigenvalue weighted by molar-refractivity contribution is 7.98. The summed E-state index contributed by atoms with van der Waals surface area (Å²) in [5.74, 6) is 1.58. The fraction of sp³-hybridized carbons (Fsp3) is 0.375. The van der Waals surface area contributed by atoms with Crippen LogP contribution >= 0.6 is 11.8 Å². The molecule has 2 aromatic heterocycles. The molecular formula is C16H18N4O3S. The lowest BCUT2D eigenvalue weighted by atomic mass is 10.2. The van der Waals surface area contributed by atoms with E-state index >= 15 is 0 Å². The Labute approximate surface area is 143 Å². The number of para-hydroxylation sites is 1. The highest BCUT2D eigenvalue weighted by Gasteiger charge is 2.13. The smallest absolute Gasteiger partial charge is 0.262 e. The van der Waals surface area contributed by atoms with E-state index in [4.69, 9.17) is 9.26 Å². The molecule has 0 unspecified atom stereocenters. The second kappa shape index (κ2) is 7.59. The summed E-state index contributed by atoms with van der Waals surface area (Å²) >= 11 is 1.42. The minimum Gasteiger partial charge on any atom is -0.385 e. The zero-order valence-corrected chi connectivity index (χ0v) is 14.4. The summed E-state index contributed by atoms with van der Waals surface area (Å²) in [5, 5.41) is 5.04. The SMILES string of the molecule is COCCCn1c(SCc2nc(C)no2)nc2ccccc2c1=O.